The molecule has 2 aliphatic heterocycles. The topological polar surface area (TPSA) is 79.7 Å². The van der Waals surface area contributed by atoms with Crippen molar-refractivity contribution in [3.8, 4) is 0 Å². The van der Waals surface area contributed by atoms with Crippen molar-refractivity contribution in [1.29, 1.82) is 0 Å². The SMILES string of the molecule is CSc1nn(CN2CCC[C@@H](NC(=O)[C@@H]3CCCN(C(=O)OC(C)(C)C)C3)C2)c(=S)s1. The monoisotopic (exact) mass is 487 g/mol. The Labute approximate surface area is 197 Å². The molecule has 0 spiro atoms. The summed E-state index contributed by atoms with van der Waals surface area (Å²) < 4.78 is 9.10. The molecule has 0 saturated carbocycles. The maximum Gasteiger partial charge on any atom is 0.410 e. The second-order valence-electron chi connectivity index (χ2n) is 9.17. The molecule has 11 heteroatoms. The van der Waals surface area contributed by atoms with Crippen LogP contribution in [0, 0.1) is 9.87 Å². The molecule has 0 bridgehead atoms. The van der Waals surface area contributed by atoms with Crippen LogP contribution in [-0.4, -0.2) is 75.7 Å². The molecule has 3 heterocycles. The van der Waals surface area contributed by atoms with E-state index in [1.165, 1.54) is 11.3 Å². The average molecular weight is 488 g/mol. The van der Waals surface area contributed by atoms with Gasteiger partial charge in [0.2, 0.25) is 5.91 Å². The minimum absolute atomic E-state index is 0.0371. The fourth-order valence-corrected chi connectivity index (χ4v) is 5.69. The molecule has 0 aliphatic carbocycles. The first-order valence-electron chi connectivity index (χ1n) is 10.8. The molecule has 2 saturated heterocycles. The standard InChI is InChI=1S/C20H33N5O3S3/c1-20(2,3)28-18(27)24-10-5-7-14(11-24)16(26)21-15-8-6-9-23(12-15)13-25-19(29)31-17(22-25)30-4/h14-15H,5-13H2,1-4H3,(H,21,26)/t14-,15-/m1/s1. The van der Waals surface area contributed by atoms with Gasteiger partial charge in [-0.05, 0) is 64.9 Å². The van der Waals surface area contributed by atoms with E-state index in [2.05, 4.69) is 15.3 Å². The third-order valence-corrected chi connectivity index (χ3v) is 7.68. The normalized spacial score (nSPS) is 22.9. The Morgan fingerprint density at radius 3 is 2.68 bits per heavy atom. The van der Waals surface area contributed by atoms with Crippen LogP contribution in [0.5, 0.6) is 0 Å². The Bertz CT molecular complexity index is 835. The molecule has 8 nitrogen and oxygen atoms in total. The van der Waals surface area contributed by atoms with E-state index >= 15 is 0 Å². The van der Waals surface area contributed by atoms with E-state index in [0.717, 1.165) is 47.1 Å². The lowest BCUT2D eigenvalue weighted by Gasteiger charge is -2.36. The zero-order valence-corrected chi connectivity index (χ0v) is 21.2. The Morgan fingerprint density at radius 2 is 2.00 bits per heavy atom. The van der Waals surface area contributed by atoms with Gasteiger partial charge >= 0.3 is 6.09 Å². The summed E-state index contributed by atoms with van der Waals surface area (Å²) in [5.41, 5.74) is -0.533. The minimum Gasteiger partial charge on any atom is -0.444 e. The number of rotatable bonds is 5. The zero-order chi connectivity index (χ0) is 22.6. The summed E-state index contributed by atoms with van der Waals surface area (Å²) in [6.07, 6.45) is 5.26. The number of piperidine rings is 2. The fraction of sp³-hybridized carbons (Fsp3) is 0.800. The molecular formula is C20H33N5O3S3. The lowest BCUT2D eigenvalue weighted by Crippen LogP contribution is -2.52. The number of hydrogen-bond acceptors (Lipinski definition) is 8. The van der Waals surface area contributed by atoms with Crippen LogP contribution in [0.3, 0.4) is 0 Å². The van der Waals surface area contributed by atoms with E-state index < -0.39 is 5.60 Å². The van der Waals surface area contributed by atoms with Gasteiger partial charge < -0.3 is 15.0 Å². The Morgan fingerprint density at radius 1 is 1.26 bits per heavy atom. The smallest absolute Gasteiger partial charge is 0.410 e. The van der Waals surface area contributed by atoms with Crippen molar-refractivity contribution in [2.45, 2.75) is 69.1 Å². The van der Waals surface area contributed by atoms with Gasteiger partial charge in [0.25, 0.3) is 0 Å². The highest BCUT2D eigenvalue weighted by Gasteiger charge is 2.32. The zero-order valence-electron chi connectivity index (χ0n) is 18.8. The van der Waals surface area contributed by atoms with Crippen LogP contribution in [0.15, 0.2) is 4.34 Å². The van der Waals surface area contributed by atoms with Gasteiger partial charge in [-0.15, -0.1) is 0 Å². The lowest BCUT2D eigenvalue weighted by molar-refractivity contribution is -0.127. The summed E-state index contributed by atoms with van der Waals surface area (Å²) in [6.45, 7) is 9.03. The first-order valence-corrected chi connectivity index (χ1v) is 13.2. The predicted octanol–water partition coefficient (Wildman–Crippen LogP) is 3.58. The highest BCUT2D eigenvalue weighted by atomic mass is 32.2. The highest BCUT2D eigenvalue weighted by molar-refractivity contribution is 8.00. The summed E-state index contributed by atoms with van der Waals surface area (Å²) in [7, 11) is 0. The second kappa shape index (κ2) is 10.6. The van der Waals surface area contributed by atoms with E-state index in [4.69, 9.17) is 17.0 Å². The van der Waals surface area contributed by atoms with Gasteiger partial charge in [0.15, 0.2) is 8.29 Å². The molecule has 2 atom stereocenters. The van der Waals surface area contributed by atoms with Gasteiger partial charge in [0.05, 0.1) is 12.6 Å². The Hall–Kier alpha value is -1.17. The molecule has 3 rings (SSSR count). The van der Waals surface area contributed by atoms with E-state index in [9.17, 15) is 9.59 Å². The van der Waals surface area contributed by atoms with Gasteiger partial charge in [0, 0.05) is 32.2 Å². The van der Waals surface area contributed by atoms with Crippen molar-refractivity contribution in [2.75, 3.05) is 32.4 Å². The number of ether oxygens (including phenoxy) is 1. The summed E-state index contributed by atoms with van der Waals surface area (Å²) in [4.78, 5) is 29.3. The first-order chi connectivity index (χ1) is 14.6. The van der Waals surface area contributed by atoms with Crippen LogP contribution in [-0.2, 0) is 16.2 Å². The van der Waals surface area contributed by atoms with Crippen LogP contribution in [0.4, 0.5) is 4.79 Å². The highest BCUT2D eigenvalue weighted by Crippen LogP contribution is 2.22. The summed E-state index contributed by atoms with van der Waals surface area (Å²) in [5, 5.41) is 7.77. The van der Waals surface area contributed by atoms with Gasteiger partial charge in [-0.1, -0.05) is 23.1 Å². The summed E-state index contributed by atoms with van der Waals surface area (Å²) in [6, 6.07) is 0.103. The van der Waals surface area contributed by atoms with Gasteiger partial charge in [0.1, 0.15) is 5.60 Å². The number of nitrogens with one attached hydrogen (secondary N) is 1. The molecule has 0 aromatic carbocycles. The molecular weight excluding hydrogens is 454 g/mol. The van der Waals surface area contributed by atoms with E-state index in [0.29, 0.717) is 19.8 Å². The van der Waals surface area contributed by atoms with E-state index in [1.807, 2.05) is 31.7 Å². The molecule has 1 aromatic heterocycles. The van der Waals surface area contributed by atoms with Crippen molar-refractivity contribution in [3.05, 3.63) is 3.95 Å². The van der Waals surface area contributed by atoms with Crippen molar-refractivity contribution < 1.29 is 14.3 Å². The number of likely N-dealkylation sites (tertiary alicyclic amines) is 2. The average Bonchev–Trinajstić information content (AvgIpc) is 3.06. The minimum atomic E-state index is -0.533. The number of carbonyl (C=O) groups excluding carboxylic acids is 2. The summed E-state index contributed by atoms with van der Waals surface area (Å²) in [5.74, 6) is -0.150. The van der Waals surface area contributed by atoms with Gasteiger partial charge in [-0.3, -0.25) is 9.69 Å². The van der Waals surface area contributed by atoms with Crippen LogP contribution in [0.1, 0.15) is 46.5 Å². The van der Waals surface area contributed by atoms with Crippen molar-refractivity contribution in [1.82, 2.24) is 24.9 Å². The van der Waals surface area contributed by atoms with E-state index in [-0.39, 0.29) is 24.0 Å². The maximum atomic E-state index is 12.9. The molecule has 174 valence electrons. The molecule has 31 heavy (non-hydrogen) atoms. The lowest BCUT2D eigenvalue weighted by atomic mass is 9.96. The van der Waals surface area contributed by atoms with Crippen molar-refractivity contribution >= 4 is 47.3 Å². The Kier molecular flexibility index (Phi) is 8.39. The predicted molar refractivity (Wildman–Crippen MR) is 126 cm³/mol. The summed E-state index contributed by atoms with van der Waals surface area (Å²) >= 11 is 8.56. The number of amides is 2. The van der Waals surface area contributed by atoms with Crippen molar-refractivity contribution in [2.24, 2.45) is 5.92 Å². The number of hydrogen-bond donors (Lipinski definition) is 1. The van der Waals surface area contributed by atoms with Crippen LogP contribution in [0.25, 0.3) is 0 Å². The third kappa shape index (κ3) is 7.16. The van der Waals surface area contributed by atoms with Crippen molar-refractivity contribution in [3.63, 3.8) is 0 Å². The van der Waals surface area contributed by atoms with Gasteiger partial charge in [-0.2, -0.15) is 5.10 Å². The fourth-order valence-electron chi connectivity index (χ4n) is 3.95. The van der Waals surface area contributed by atoms with Crippen LogP contribution < -0.4 is 5.32 Å². The quantitative estimate of drug-likeness (QED) is 0.502. The molecule has 2 fully saturated rings. The molecule has 1 aromatic rings. The first kappa shape index (κ1) is 24.5. The molecule has 1 N–H and O–H groups in total. The second-order valence-corrected chi connectivity index (χ2v) is 11.8. The van der Waals surface area contributed by atoms with Crippen LogP contribution >= 0.6 is 35.3 Å². The Balaban J connectivity index is 1.51. The molecule has 2 amide bonds. The molecule has 0 radical (unpaired) electrons. The third-order valence-electron chi connectivity index (χ3n) is 5.39. The van der Waals surface area contributed by atoms with Gasteiger partial charge in [-0.25, -0.2) is 9.48 Å². The largest absolute Gasteiger partial charge is 0.444 e. The number of carbonyl (C=O) groups is 2. The van der Waals surface area contributed by atoms with Crippen LogP contribution in [0.2, 0.25) is 0 Å². The van der Waals surface area contributed by atoms with E-state index in [1.54, 1.807) is 16.7 Å². The number of nitrogens with zero attached hydrogens (tertiary/aromatic N) is 4. The number of thioether (sulfide) groups is 1. The molecule has 0 unspecified atom stereocenters. The molecule has 2 aliphatic rings. The maximum absolute atomic E-state index is 12.9. The number of aromatic nitrogens is 2.